The Morgan fingerprint density at radius 1 is 1.13 bits per heavy atom. The molecule has 1 heterocycles. The van der Waals surface area contributed by atoms with Gasteiger partial charge in [0, 0.05) is 41.0 Å². The number of hydrogen-bond donors (Lipinski definition) is 2. The molecule has 5 nitrogen and oxygen atoms in total. The Bertz CT molecular complexity index is 695. The Labute approximate surface area is 153 Å². The van der Waals surface area contributed by atoms with Crippen LogP contribution in [-0.4, -0.2) is 23.3 Å². The lowest BCUT2D eigenvalue weighted by Crippen LogP contribution is -2.30. The predicted molar refractivity (Wildman–Crippen MR) is 97.2 cm³/mol. The van der Waals surface area contributed by atoms with Gasteiger partial charge in [0.05, 0.1) is 5.02 Å². The SMILES string of the molecule is O=C(CCNC(=O)c1ccc(Cl)c(I)c1)NCc1ccncc1. The van der Waals surface area contributed by atoms with Crippen molar-refractivity contribution >= 4 is 46.0 Å². The van der Waals surface area contributed by atoms with E-state index in [9.17, 15) is 9.59 Å². The van der Waals surface area contributed by atoms with Crippen LogP contribution in [0, 0.1) is 3.57 Å². The summed E-state index contributed by atoms with van der Waals surface area (Å²) in [6.45, 7) is 0.727. The first-order valence-corrected chi connectivity index (χ1v) is 8.41. The van der Waals surface area contributed by atoms with Gasteiger partial charge in [-0.05, 0) is 58.5 Å². The molecule has 2 rings (SSSR count). The molecule has 0 aliphatic heterocycles. The quantitative estimate of drug-likeness (QED) is 0.675. The lowest BCUT2D eigenvalue weighted by atomic mass is 10.2. The number of carbonyl (C=O) groups excluding carboxylic acids is 2. The van der Waals surface area contributed by atoms with Crippen LogP contribution in [0.3, 0.4) is 0 Å². The summed E-state index contributed by atoms with van der Waals surface area (Å²) >= 11 is 7.99. The van der Waals surface area contributed by atoms with E-state index in [1.807, 2.05) is 12.1 Å². The van der Waals surface area contributed by atoms with E-state index in [4.69, 9.17) is 11.6 Å². The Hall–Kier alpha value is -1.67. The van der Waals surface area contributed by atoms with E-state index in [1.165, 1.54) is 0 Å². The Morgan fingerprint density at radius 3 is 2.57 bits per heavy atom. The molecule has 0 radical (unpaired) electrons. The molecule has 0 unspecified atom stereocenters. The summed E-state index contributed by atoms with van der Waals surface area (Å²) in [6, 6.07) is 8.72. The zero-order valence-corrected chi connectivity index (χ0v) is 15.1. The smallest absolute Gasteiger partial charge is 0.251 e. The summed E-state index contributed by atoms with van der Waals surface area (Å²) in [7, 11) is 0. The van der Waals surface area contributed by atoms with Crippen LogP contribution in [0.4, 0.5) is 0 Å². The van der Waals surface area contributed by atoms with E-state index >= 15 is 0 Å². The van der Waals surface area contributed by atoms with Crippen LogP contribution in [0.1, 0.15) is 22.3 Å². The number of hydrogen-bond acceptors (Lipinski definition) is 3. The first-order chi connectivity index (χ1) is 11.1. The normalized spacial score (nSPS) is 10.2. The summed E-state index contributed by atoms with van der Waals surface area (Å²) in [5, 5.41) is 6.12. The van der Waals surface area contributed by atoms with Crippen molar-refractivity contribution in [1.29, 1.82) is 0 Å². The topological polar surface area (TPSA) is 71.1 Å². The highest BCUT2D eigenvalue weighted by atomic mass is 127. The molecule has 0 saturated carbocycles. The molecular weight excluding hydrogens is 429 g/mol. The van der Waals surface area contributed by atoms with Gasteiger partial charge in [-0.3, -0.25) is 14.6 Å². The van der Waals surface area contributed by atoms with Crippen molar-refractivity contribution in [3.63, 3.8) is 0 Å². The summed E-state index contributed by atoms with van der Waals surface area (Å²) < 4.78 is 0.812. The minimum atomic E-state index is -0.221. The van der Waals surface area contributed by atoms with Gasteiger partial charge in [-0.15, -0.1) is 0 Å². The van der Waals surface area contributed by atoms with E-state index in [0.29, 0.717) is 17.1 Å². The van der Waals surface area contributed by atoms with Crippen molar-refractivity contribution in [2.45, 2.75) is 13.0 Å². The average molecular weight is 444 g/mol. The summed E-state index contributed by atoms with van der Waals surface area (Å²) in [4.78, 5) is 27.6. The zero-order chi connectivity index (χ0) is 16.7. The molecule has 23 heavy (non-hydrogen) atoms. The van der Waals surface area contributed by atoms with Crippen LogP contribution >= 0.6 is 34.2 Å². The number of rotatable bonds is 6. The maximum Gasteiger partial charge on any atom is 0.251 e. The van der Waals surface area contributed by atoms with Gasteiger partial charge in [0.25, 0.3) is 5.91 Å². The zero-order valence-electron chi connectivity index (χ0n) is 12.2. The molecule has 0 saturated heterocycles. The molecule has 0 fully saturated rings. The van der Waals surface area contributed by atoms with Gasteiger partial charge in [0.15, 0.2) is 0 Å². The highest BCUT2D eigenvalue weighted by Crippen LogP contribution is 2.19. The first kappa shape index (κ1) is 17.7. The molecular formula is C16H15ClIN3O2. The second-order valence-corrected chi connectivity index (χ2v) is 6.34. The number of carbonyl (C=O) groups is 2. The second kappa shape index (κ2) is 8.83. The van der Waals surface area contributed by atoms with Gasteiger partial charge < -0.3 is 10.6 Å². The Morgan fingerprint density at radius 2 is 1.87 bits per heavy atom. The molecule has 0 bridgehead atoms. The molecule has 0 aliphatic carbocycles. The monoisotopic (exact) mass is 443 g/mol. The van der Waals surface area contributed by atoms with Crippen molar-refractivity contribution in [2.24, 2.45) is 0 Å². The van der Waals surface area contributed by atoms with Crippen LogP contribution in [0.25, 0.3) is 0 Å². The number of nitrogens with one attached hydrogen (secondary N) is 2. The highest BCUT2D eigenvalue weighted by Gasteiger charge is 2.08. The molecule has 0 spiro atoms. The highest BCUT2D eigenvalue weighted by molar-refractivity contribution is 14.1. The van der Waals surface area contributed by atoms with Gasteiger partial charge in [-0.1, -0.05) is 11.6 Å². The average Bonchev–Trinajstić information content (AvgIpc) is 2.56. The van der Waals surface area contributed by atoms with E-state index in [2.05, 4.69) is 38.2 Å². The molecule has 120 valence electrons. The number of benzene rings is 1. The van der Waals surface area contributed by atoms with E-state index < -0.39 is 0 Å². The number of aromatic nitrogens is 1. The first-order valence-electron chi connectivity index (χ1n) is 6.95. The third kappa shape index (κ3) is 5.80. The van der Waals surface area contributed by atoms with Crippen molar-refractivity contribution < 1.29 is 9.59 Å². The number of amides is 2. The molecule has 2 N–H and O–H groups in total. The minimum absolute atomic E-state index is 0.118. The third-order valence-corrected chi connectivity index (χ3v) is 4.60. The molecule has 7 heteroatoms. The molecule has 1 aromatic heterocycles. The molecule has 1 aromatic carbocycles. The van der Waals surface area contributed by atoms with Gasteiger partial charge >= 0.3 is 0 Å². The van der Waals surface area contributed by atoms with Crippen LogP contribution in [-0.2, 0) is 11.3 Å². The number of pyridine rings is 1. The van der Waals surface area contributed by atoms with Crippen LogP contribution in [0.2, 0.25) is 5.02 Å². The number of nitrogens with zero attached hydrogens (tertiary/aromatic N) is 1. The molecule has 0 aliphatic rings. The predicted octanol–water partition coefficient (Wildman–Crippen LogP) is 2.78. The van der Waals surface area contributed by atoms with Crippen molar-refractivity contribution in [1.82, 2.24) is 15.6 Å². The van der Waals surface area contributed by atoms with Gasteiger partial charge in [-0.25, -0.2) is 0 Å². The number of halogens is 2. The molecule has 0 atom stereocenters. The standard InChI is InChI=1S/C16H15ClIN3O2/c17-13-2-1-12(9-14(13)18)16(23)20-8-5-15(22)21-10-11-3-6-19-7-4-11/h1-4,6-7,9H,5,8,10H2,(H,20,23)(H,21,22). The van der Waals surface area contributed by atoms with Crippen molar-refractivity contribution in [2.75, 3.05) is 6.54 Å². The lowest BCUT2D eigenvalue weighted by molar-refractivity contribution is -0.121. The van der Waals surface area contributed by atoms with Gasteiger partial charge in [0.2, 0.25) is 5.91 Å². The summed E-state index contributed by atoms with van der Waals surface area (Å²) in [6.07, 6.45) is 3.58. The van der Waals surface area contributed by atoms with E-state index in [1.54, 1.807) is 30.6 Å². The fraction of sp³-hybridized carbons (Fsp3) is 0.188. The minimum Gasteiger partial charge on any atom is -0.352 e. The van der Waals surface area contributed by atoms with Crippen molar-refractivity contribution in [3.05, 3.63) is 62.4 Å². The largest absolute Gasteiger partial charge is 0.352 e. The molecule has 2 amide bonds. The van der Waals surface area contributed by atoms with Gasteiger partial charge in [-0.2, -0.15) is 0 Å². The lowest BCUT2D eigenvalue weighted by Gasteiger charge is -2.07. The van der Waals surface area contributed by atoms with E-state index in [-0.39, 0.29) is 24.8 Å². The Kier molecular flexibility index (Phi) is 6.79. The van der Waals surface area contributed by atoms with Crippen molar-refractivity contribution in [3.8, 4) is 0 Å². The van der Waals surface area contributed by atoms with Crippen LogP contribution in [0.15, 0.2) is 42.7 Å². The fourth-order valence-corrected chi connectivity index (χ4v) is 2.45. The van der Waals surface area contributed by atoms with E-state index in [0.717, 1.165) is 9.13 Å². The Balaban J connectivity index is 1.72. The fourth-order valence-electron chi connectivity index (χ4n) is 1.82. The summed E-state index contributed by atoms with van der Waals surface area (Å²) in [5.74, 6) is -0.339. The maximum absolute atomic E-state index is 12.0. The maximum atomic E-state index is 12.0. The molecule has 2 aromatic rings. The van der Waals surface area contributed by atoms with Gasteiger partial charge in [0.1, 0.15) is 0 Å². The second-order valence-electron chi connectivity index (χ2n) is 4.77. The summed E-state index contributed by atoms with van der Waals surface area (Å²) in [5.41, 5.74) is 1.50. The van der Waals surface area contributed by atoms with Crippen LogP contribution in [0.5, 0.6) is 0 Å². The van der Waals surface area contributed by atoms with Crippen LogP contribution < -0.4 is 10.6 Å². The third-order valence-electron chi connectivity index (χ3n) is 3.06.